The van der Waals surface area contributed by atoms with Gasteiger partial charge in [0.15, 0.2) is 29.9 Å². The molecule has 18 heteroatoms. The Morgan fingerprint density at radius 3 is 2.30 bits per heavy atom. The normalized spacial score (nSPS) is 30.4. The molecule has 2 aromatic carbocycles. The molecule has 5 heterocycles. The van der Waals surface area contributed by atoms with Crippen LogP contribution in [0.1, 0.15) is 69.9 Å². The number of benzene rings is 2. The molecule has 0 radical (unpaired) electrons. The number of methoxy groups -OCH3 is 1. The Balaban J connectivity index is 1.16. The van der Waals surface area contributed by atoms with E-state index in [1.54, 1.807) is 13.8 Å². The number of urea groups is 1. The third-order valence-electron chi connectivity index (χ3n) is 11.0. The highest BCUT2D eigenvalue weighted by atomic mass is 16.8. The molecule has 0 spiro atoms. The lowest BCUT2D eigenvalue weighted by molar-refractivity contribution is -0.536. The van der Waals surface area contributed by atoms with E-state index >= 15 is 0 Å². The molecule has 5 aliphatic heterocycles. The van der Waals surface area contributed by atoms with Crippen LogP contribution in [0.2, 0.25) is 0 Å². The summed E-state index contributed by atoms with van der Waals surface area (Å²) in [6.45, 7) is 5.18. The molecule has 7 rings (SSSR count). The van der Waals surface area contributed by atoms with Gasteiger partial charge in [0.1, 0.15) is 30.8 Å². The number of imide groups is 1. The second-order valence-electron chi connectivity index (χ2n) is 15.8. The van der Waals surface area contributed by atoms with E-state index in [0.717, 1.165) is 22.1 Å². The lowest BCUT2D eigenvalue weighted by Crippen LogP contribution is -2.54. The second kappa shape index (κ2) is 18.0. The van der Waals surface area contributed by atoms with Crippen molar-refractivity contribution in [1.29, 1.82) is 0 Å². The molecule has 18 nitrogen and oxygen atoms in total. The number of hydrogen-bond acceptors (Lipinski definition) is 13. The van der Waals surface area contributed by atoms with E-state index in [0.29, 0.717) is 12.8 Å². The molecule has 6 amide bonds. The first-order chi connectivity index (χ1) is 28.7. The number of rotatable bonds is 13. The monoisotopic (exact) mass is 832 g/mol. The van der Waals surface area contributed by atoms with Crippen molar-refractivity contribution in [1.82, 2.24) is 16.0 Å². The van der Waals surface area contributed by atoms with Crippen molar-refractivity contribution in [2.45, 2.75) is 126 Å². The minimum absolute atomic E-state index is 0.0540. The first-order valence-electron chi connectivity index (χ1n) is 19.9. The van der Waals surface area contributed by atoms with Gasteiger partial charge in [-0.05, 0) is 57.2 Å². The van der Waals surface area contributed by atoms with Crippen molar-refractivity contribution in [3.8, 4) is 0 Å². The Morgan fingerprint density at radius 1 is 0.983 bits per heavy atom. The lowest BCUT2D eigenvalue weighted by atomic mass is 9.88. The van der Waals surface area contributed by atoms with Gasteiger partial charge >= 0.3 is 17.9 Å². The minimum atomic E-state index is -1.74. The summed E-state index contributed by atoms with van der Waals surface area (Å²) in [5, 5.41) is 7.81. The van der Waals surface area contributed by atoms with Crippen molar-refractivity contribution < 1.29 is 66.5 Å². The zero-order valence-corrected chi connectivity index (χ0v) is 33.6. The Kier molecular flexibility index (Phi) is 12.8. The van der Waals surface area contributed by atoms with Crippen LogP contribution in [0.5, 0.6) is 0 Å². The topological polar surface area (TPSA) is 232 Å². The van der Waals surface area contributed by atoms with Gasteiger partial charge in [-0.2, -0.15) is 14.7 Å². The van der Waals surface area contributed by atoms with E-state index in [-0.39, 0.29) is 30.5 Å². The summed E-state index contributed by atoms with van der Waals surface area (Å²) < 4.78 is 43.9. The van der Waals surface area contributed by atoms with Gasteiger partial charge in [0, 0.05) is 19.1 Å². The maximum atomic E-state index is 14.0. The Hall–Kier alpha value is -5.53. The Labute approximate surface area is 346 Å². The quantitative estimate of drug-likeness (QED) is 0.165. The first kappa shape index (κ1) is 42.6. The predicted octanol–water partition coefficient (Wildman–Crippen LogP) is 1.39. The smallest absolute Gasteiger partial charge is 0.456 e. The van der Waals surface area contributed by atoms with Crippen molar-refractivity contribution >= 4 is 41.8 Å². The van der Waals surface area contributed by atoms with Crippen LogP contribution in [0.4, 0.5) is 4.79 Å². The Bertz CT molecular complexity index is 1990. The molecule has 3 fully saturated rings. The summed E-state index contributed by atoms with van der Waals surface area (Å²) in [4.78, 5) is 79.3. The Morgan fingerprint density at radius 2 is 1.67 bits per heavy atom. The summed E-state index contributed by atoms with van der Waals surface area (Å²) in [6.07, 6.45) is -6.61. The van der Waals surface area contributed by atoms with Crippen LogP contribution in [0, 0.1) is 0 Å². The minimum Gasteiger partial charge on any atom is -0.456 e. The molecule has 0 saturated carbocycles. The standard InChI is InChI=1S/C42H49N5O13/c1-22-12-11-17-26(37(51)44-22)45-38(52)28-21-27-31(60-42(2,3)59-27)40(55-28)58-34(36(43)50)33-32(54-4)35(39(57-33)47-19-18-29(48)46-41(47)53)56-30(49)20-25(23-13-7-5-8-14-23)24-15-9-6-10-16-24/h5-10,13-16,19,21-22,25-27,31-35,39-40H,11-12,17-18,20H2,1-4H3,(H4-,43,44,45,46,48,50,51,52,53)/p+1/t22-,26?,27+,31+,32-,33+,34-,35-,39-,40-/m1/s1. The summed E-state index contributed by atoms with van der Waals surface area (Å²) in [5.74, 6) is -5.24. The molecule has 0 aliphatic carbocycles. The molecule has 2 aromatic rings. The summed E-state index contributed by atoms with van der Waals surface area (Å²) >= 11 is 0. The van der Waals surface area contributed by atoms with E-state index < -0.39 is 96.6 Å². The number of primary amides is 1. The number of hydrogen-bond donors (Lipinski definition) is 4. The van der Waals surface area contributed by atoms with Gasteiger partial charge in [-0.15, -0.1) is 0 Å². The third kappa shape index (κ3) is 9.42. The predicted molar refractivity (Wildman–Crippen MR) is 207 cm³/mol. The number of fused-ring (bicyclic) bond motifs is 1. The molecule has 60 heavy (non-hydrogen) atoms. The molecular weight excluding hydrogens is 782 g/mol. The number of carbonyl (C=O) groups is 6. The maximum Gasteiger partial charge on any atom is 0.500 e. The van der Waals surface area contributed by atoms with Gasteiger partial charge in [-0.3, -0.25) is 19.2 Å². The van der Waals surface area contributed by atoms with Gasteiger partial charge in [0.2, 0.25) is 24.3 Å². The van der Waals surface area contributed by atoms with Crippen LogP contribution in [-0.4, -0.2) is 121 Å². The maximum absolute atomic E-state index is 14.0. The lowest BCUT2D eigenvalue weighted by Gasteiger charge is -2.35. The zero-order valence-electron chi connectivity index (χ0n) is 33.6. The van der Waals surface area contributed by atoms with Crippen LogP contribution in [0.15, 0.2) is 72.5 Å². The number of ether oxygens (including phenoxy) is 7. The number of carbonyl (C=O) groups excluding carboxylic acids is 6. The van der Waals surface area contributed by atoms with Gasteiger partial charge in [0.05, 0.1) is 12.6 Å². The van der Waals surface area contributed by atoms with Crippen molar-refractivity contribution in [3.63, 3.8) is 0 Å². The molecule has 3 saturated heterocycles. The van der Waals surface area contributed by atoms with Gasteiger partial charge in [-0.1, -0.05) is 60.7 Å². The third-order valence-corrected chi connectivity index (χ3v) is 11.0. The fourth-order valence-electron chi connectivity index (χ4n) is 8.17. The van der Waals surface area contributed by atoms with E-state index in [4.69, 9.17) is 38.9 Å². The highest BCUT2D eigenvalue weighted by Crippen LogP contribution is 2.39. The number of amides is 6. The molecule has 0 aromatic heterocycles. The van der Waals surface area contributed by atoms with E-state index in [2.05, 4.69) is 16.0 Å². The second-order valence-corrected chi connectivity index (χ2v) is 15.8. The van der Waals surface area contributed by atoms with Crippen molar-refractivity contribution in [3.05, 3.63) is 83.6 Å². The van der Waals surface area contributed by atoms with Crippen molar-refractivity contribution in [2.24, 2.45) is 5.73 Å². The van der Waals surface area contributed by atoms with Crippen molar-refractivity contribution in [2.75, 3.05) is 7.11 Å². The van der Waals surface area contributed by atoms with Crippen LogP contribution in [0.25, 0.3) is 0 Å². The highest BCUT2D eigenvalue weighted by molar-refractivity contribution is 6.01. The summed E-state index contributed by atoms with van der Waals surface area (Å²) in [5.41, 5.74) is 7.70. The van der Waals surface area contributed by atoms with Crippen LogP contribution in [0.3, 0.4) is 0 Å². The number of nitrogens with zero attached hydrogens (tertiary/aromatic N) is 1. The number of esters is 1. The first-order valence-corrected chi connectivity index (χ1v) is 19.9. The van der Waals surface area contributed by atoms with Crippen LogP contribution >= 0.6 is 0 Å². The fraction of sp³-hybridized carbons (Fsp3) is 0.500. The molecule has 5 aliphatic rings. The van der Waals surface area contributed by atoms with E-state index in [9.17, 15) is 28.8 Å². The zero-order chi connectivity index (χ0) is 42.7. The fourth-order valence-corrected chi connectivity index (χ4v) is 8.17. The molecule has 1 unspecified atom stereocenters. The molecular formula is C42H50N5O13+. The molecule has 320 valence electrons. The SMILES string of the molecule is CO[C@H]1[C@@H](OC(=O)CC(c2ccccc2)c2ccccc2)[C@H]([N+]2=CCC(=O)NC2=O)O[C@@H]1[C@@H](O[C@H]1OC(C(=O)NC2CCC[C@@H](C)NC2=O)=C[C@@H]2OC(C)(C)O[C@H]12)C(N)=O. The van der Waals surface area contributed by atoms with E-state index in [1.807, 2.05) is 67.6 Å². The average Bonchev–Trinajstić information content (AvgIpc) is 3.67. The summed E-state index contributed by atoms with van der Waals surface area (Å²) in [7, 11) is 1.29. The molecule has 5 N–H and O–H groups in total. The average molecular weight is 833 g/mol. The number of nitrogens with two attached hydrogens (primary N) is 1. The largest absolute Gasteiger partial charge is 0.500 e. The molecule has 10 atom stereocenters. The summed E-state index contributed by atoms with van der Waals surface area (Å²) in [6, 6.07) is 17.0. The molecule has 0 bridgehead atoms. The van der Waals surface area contributed by atoms with Crippen LogP contribution < -0.4 is 21.7 Å². The number of nitrogens with one attached hydrogen (secondary N) is 3. The van der Waals surface area contributed by atoms with Crippen LogP contribution in [-0.2, 0) is 57.1 Å². The van der Waals surface area contributed by atoms with E-state index in [1.165, 1.54) is 19.4 Å². The highest BCUT2D eigenvalue weighted by Gasteiger charge is 2.59. The van der Waals surface area contributed by atoms with Gasteiger partial charge < -0.3 is 49.5 Å². The van der Waals surface area contributed by atoms with Gasteiger partial charge in [-0.25, -0.2) is 4.79 Å². The van der Waals surface area contributed by atoms with Gasteiger partial charge in [0.25, 0.3) is 5.91 Å².